The van der Waals surface area contributed by atoms with Gasteiger partial charge in [-0.1, -0.05) is 42.5 Å². The van der Waals surface area contributed by atoms with Gasteiger partial charge >= 0.3 is 0 Å². The van der Waals surface area contributed by atoms with Crippen molar-refractivity contribution in [2.75, 3.05) is 0 Å². The van der Waals surface area contributed by atoms with Crippen molar-refractivity contribution < 1.29 is 14.1 Å². The summed E-state index contributed by atoms with van der Waals surface area (Å²) in [5, 5.41) is 17.1. The molecule has 1 aromatic heterocycles. The lowest BCUT2D eigenvalue weighted by molar-refractivity contribution is -0.384. The molecule has 0 fully saturated rings. The molecule has 1 N–H and O–H groups in total. The molecule has 0 bridgehead atoms. The van der Waals surface area contributed by atoms with E-state index in [0.717, 1.165) is 10.8 Å². The fraction of sp³-hybridized carbons (Fsp3) is 0. The number of nitro groups is 1. The molecule has 7 nitrogen and oxygen atoms in total. The van der Waals surface area contributed by atoms with Crippen LogP contribution in [-0.4, -0.2) is 17.0 Å². The van der Waals surface area contributed by atoms with Crippen molar-refractivity contribution in [1.82, 2.24) is 5.43 Å². The van der Waals surface area contributed by atoms with Gasteiger partial charge in [0.1, 0.15) is 11.5 Å². The first-order valence-electron chi connectivity index (χ1n) is 8.78. The van der Waals surface area contributed by atoms with Crippen LogP contribution in [0.4, 0.5) is 5.69 Å². The molecule has 1 amide bonds. The van der Waals surface area contributed by atoms with Crippen LogP contribution in [0.3, 0.4) is 0 Å². The molecule has 0 aliphatic carbocycles. The number of nitrogens with zero attached hydrogens (tertiary/aromatic N) is 2. The highest BCUT2D eigenvalue weighted by atomic mass is 16.6. The number of rotatable bonds is 5. The molecule has 4 aromatic rings. The summed E-state index contributed by atoms with van der Waals surface area (Å²) >= 11 is 0. The molecule has 0 atom stereocenters. The van der Waals surface area contributed by atoms with Gasteiger partial charge in [-0.05, 0) is 41.1 Å². The van der Waals surface area contributed by atoms with Crippen LogP contribution in [-0.2, 0) is 0 Å². The zero-order chi connectivity index (χ0) is 20.2. The Labute approximate surface area is 165 Å². The average molecular weight is 385 g/mol. The fourth-order valence-electron chi connectivity index (χ4n) is 2.96. The minimum absolute atomic E-state index is 0.0463. The third kappa shape index (κ3) is 3.89. The minimum atomic E-state index is -0.463. The largest absolute Gasteiger partial charge is 0.455 e. The van der Waals surface area contributed by atoms with E-state index in [1.807, 2.05) is 30.3 Å². The molecule has 0 spiro atoms. The molecule has 0 saturated heterocycles. The second-order valence-electron chi connectivity index (χ2n) is 6.24. The van der Waals surface area contributed by atoms with E-state index in [9.17, 15) is 14.9 Å². The van der Waals surface area contributed by atoms with E-state index in [1.54, 1.807) is 42.5 Å². The molecule has 29 heavy (non-hydrogen) atoms. The second kappa shape index (κ2) is 7.77. The lowest BCUT2D eigenvalue weighted by Crippen LogP contribution is -2.17. The summed E-state index contributed by atoms with van der Waals surface area (Å²) in [7, 11) is 0. The zero-order valence-electron chi connectivity index (χ0n) is 15.1. The van der Waals surface area contributed by atoms with E-state index in [4.69, 9.17) is 4.42 Å². The maximum atomic E-state index is 12.3. The van der Waals surface area contributed by atoms with Gasteiger partial charge in [-0.15, -0.1) is 0 Å². The Morgan fingerprint density at radius 2 is 1.72 bits per heavy atom. The number of carbonyl (C=O) groups excluding carboxylic acids is 1. The number of benzene rings is 3. The van der Waals surface area contributed by atoms with Crippen LogP contribution in [0.1, 0.15) is 16.1 Å². The van der Waals surface area contributed by atoms with Gasteiger partial charge in [-0.25, -0.2) is 5.43 Å². The molecular formula is C22H15N3O4. The summed E-state index contributed by atoms with van der Waals surface area (Å²) in [4.78, 5) is 23.0. The number of hydrogen-bond acceptors (Lipinski definition) is 5. The summed E-state index contributed by atoms with van der Waals surface area (Å²) in [6.45, 7) is 0. The Morgan fingerprint density at radius 3 is 2.55 bits per heavy atom. The number of amides is 1. The van der Waals surface area contributed by atoms with Crippen molar-refractivity contribution in [2.45, 2.75) is 0 Å². The number of carbonyl (C=O) groups is 1. The van der Waals surface area contributed by atoms with E-state index in [0.29, 0.717) is 22.6 Å². The summed E-state index contributed by atoms with van der Waals surface area (Å²) in [5.74, 6) is 0.356. The second-order valence-corrected chi connectivity index (χ2v) is 6.24. The van der Waals surface area contributed by atoms with Gasteiger partial charge in [0.15, 0.2) is 0 Å². The molecule has 142 valence electrons. The third-order valence-corrected chi connectivity index (χ3v) is 4.36. The van der Waals surface area contributed by atoms with Crippen molar-refractivity contribution in [2.24, 2.45) is 5.10 Å². The van der Waals surface area contributed by atoms with E-state index in [1.165, 1.54) is 12.3 Å². The number of fused-ring (bicyclic) bond motifs is 1. The molecule has 0 aliphatic heterocycles. The number of hydrogen-bond donors (Lipinski definition) is 1. The number of hydrazone groups is 1. The van der Waals surface area contributed by atoms with E-state index in [2.05, 4.69) is 10.5 Å². The number of nitrogens with one attached hydrogen (secondary N) is 1. The number of para-hydroxylation sites is 1. The zero-order valence-corrected chi connectivity index (χ0v) is 15.1. The highest BCUT2D eigenvalue weighted by molar-refractivity contribution is 5.98. The van der Waals surface area contributed by atoms with Crippen LogP contribution in [0.25, 0.3) is 22.1 Å². The minimum Gasteiger partial charge on any atom is -0.455 e. The van der Waals surface area contributed by atoms with Gasteiger partial charge in [0, 0.05) is 11.6 Å². The van der Waals surface area contributed by atoms with Gasteiger partial charge in [-0.2, -0.15) is 5.10 Å². The Hall–Kier alpha value is -4.26. The molecule has 4 rings (SSSR count). The van der Waals surface area contributed by atoms with Crippen molar-refractivity contribution in [1.29, 1.82) is 0 Å². The Morgan fingerprint density at radius 1 is 0.966 bits per heavy atom. The summed E-state index contributed by atoms with van der Waals surface area (Å²) < 4.78 is 5.60. The fourth-order valence-corrected chi connectivity index (χ4v) is 2.96. The molecule has 0 radical (unpaired) electrons. The first kappa shape index (κ1) is 18.1. The van der Waals surface area contributed by atoms with Gasteiger partial charge < -0.3 is 4.42 Å². The number of furan rings is 1. The summed E-state index contributed by atoms with van der Waals surface area (Å²) in [6.07, 6.45) is 1.34. The summed E-state index contributed by atoms with van der Waals surface area (Å²) in [5.41, 5.74) is 3.27. The first-order valence-corrected chi connectivity index (χ1v) is 8.78. The van der Waals surface area contributed by atoms with Gasteiger partial charge in [0.05, 0.1) is 16.7 Å². The van der Waals surface area contributed by atoms with Crippen molar-refractivity contribution in [3.8, 4) is 11.3 Å². The Balaban J connectivity index is 1.47. The van der Waals surface area contributed by atoms with Crippen LogP contribution >= 0.6 is 0 Å². The van der Waals surface area contributed by atoms with Gasteiger partial charge in [0.25, 0.3) is 11.6 Å². The average Bonchev–Trinajstić information content (AvgIpc) is 3.22. The number of nitro benzene ring substituents is 1. The van der Waals surface area contributed by atoms with Crippen molar-refractivity contribution >= 4 is 28.6 Å². The van der Waals surface area contributed by atoms with Crippen LogP contribution in [0.5, 0.6) is 0 Å². The van der Waals surface area contributed by atoms with Crippen molar-refractivity contribution in [3.63, 3.8) is 0 Å². The normalized spacial score (nSPS) is 11.0. The predicted molar refractivity (Wildman–Crippen MR) is 110 cm³/mol. The molecule has 1 heterocycles. The van der Waals surface area contributed by atoms with Gasteiger partial charge in [-0.3, -0.25) is 14.9 Å². The molecule has 0 aliphatic rings. The molecular weight excluding hydrogens is 370 g/mol. The molecule has 0 saturated carbocycles. The standard InChI is InChI=1S/C22H15N3O4/c26-22(17-10-9-15-5-1-2-6-16(15)13-17)24-23-14-18-11-12-21(29-18)19-7-3-4-8-20(19)25(27)28/h1-14H,(H,24,26)/b23-14+. The highest BCUT2D eigenvalue weighted by Gasteiger charge is 2.16. The third-order valence-electron chi connectivity index (χ3n) is 4.36. The molecule has 7 heteroatoms. The first-order chi connectivity index (χ1) is 14.1. The lowest BCUT2D eigenvalue weighted by atomic mass is 10.1. The van der Waals surface area contributed by atoms with Crippen LogP contribution in [0.15, 0.2) is 88.4 Å². The van der Waals surface area contributed by atoms with Crippen LogP contribution in [0.2, 0.25) is 0 Å². The SMILES string of the molecule is O=C(N/N=C/c1ccc(-c2ccccc2[N+](=O)[O-])o1)c1ccc2ccccc2c1. The van der Waals surface area contributed by atoms with E-state index >= 15 is 0 Å². The van der Waals surface area contributed by atoms with Gasteiger partial charge in [0.2, 0.25) is 0 Å². The van der Waals surface area contributed by atoms with E-state index < -0.39 is 4.92 Å². The highest BCUT2D eigenvalue weighted by Crippen LogP contribution is 2.30. The smallest absolute Gasteiger partial charge is 0.280 e. The van der Waals surface area contributed by atoms with E-state index in [-0.39, 0.29) is 11.6 Å². The molecule has 3 aromatic carbocycles. The lowest BCUT2D eigenvalue weighted by Gasteiger charge is -2.02. The topological polar surface area (TPSA) is 97.7 Å². The molecule has 0 unspecified atom stereocenters. The Kier molecular flexibility index (Phi) is 4.86. The summed E-state index contributed by atoms with van der Waals surface area (Å²) in [6, 6.07) is 22.7. The van der Waals surface area contributed by atoms with Crippen LogP contribution in [0, 0.1) is 10.1 Å². The maximum Gasteiger partial charge on any atom is 0.280 e. The van der Waals surface area contributed by atoms with Crippen LogP contribution < -0.4 is 5.43 Å². The quantitative estimate of drug-likeness (QED) is 0.304. The predicted octanol–water partition coefficient (Wildman–Crippen LogP) is 4.77. The van der Waals surface area contributed by atoms with Crippen molar-refractivity contribution in [3.05, 3.63) is 100 Å². The Bertz CT molecular complexity index is 1240. The monoisotopic (exact) mass is 385 g/mol. The maximum absolute atomic E-state index is 12.3.